The molecule has 12 nitrogen and oxygen atoms in total. The first-order valence-corrected chi connectivity index (χ1v) is 31.6. The van der Waals surface area contributed by atoms with Gasteiger partial charge >= 0.3 is 0 Å². The van der Waals surface area contributed by atoms with Gasteiger partial charge in [0.1, 0.15) is 35.4 Å². The third-order valence-electron chi connectivity index (χ3n) is 17.3. The molecule has 4 aliphatic carbocycles. The highest BCUT2D eigenvalue weighted by molar-refractivity contribution is 5.23. The van der Waals surface area contributed by atoms with Crippen molar-refractivity contribution >= 4 is 0 Å². The van der Waals surface area contributed by atoms with Gasteiger partial charge in [0, 0.05) is 90.3 Å². The number of imidazole rings is 5. The highest BCUT2D eigenvalue weighted by atomic mass is 16.3. The van der Waals surface area contributed by atoms with E-state index in [9.17, 15) is 0 Å². The first-order chi connectivity index (χ1) is 37.4. The third-order valence-corrected chi connectivity index (χ3v) is 17.3. The van der Waals surface area contributed by atoms with Crippen molar-refractivity contribution < 1.29 is 4.42 Å². The van der Waals surface area contributed by atoms with Gasteiger partial charge in [0.15, 0.2) is 5.89 Å². The summed E-state index contributed by atoms with van der Waals surface area (Å²) >= 11 is 0. The van der Waals surface area contributed by atoms with Gasteiger partial charge in [-0.3, -0.25) is 0 Å². The van der Waals surface area contributed by atoms with E-state index in [1.54, 1.807) is 19.4 Å². The molecule has 0 amide bonds. The molecule has 4 fully saturated rings. The predicted octanol–water partition coefficient (Wildman–Crippen LogP) is 19.3. The van der Waals surface area contributed by atoms with Crippen molar-refractivity contribution in [2.75, 3.05) is 0 Å². The molecule has 6 heterocycles. The van der Waals surface area contributed by atoms with Gasteiger partial charge in [0.05, 0.1) is 34.7 Å². The van der Waals surface area contributed by atoms with E-state index in [2.05, 4.69) is 189 Å². The normalized spacial score (nSPS) is 16.5. The number of nitrogens with zero attached hydrogens (tertiary/aromatic N) is 11. The summed E-state index contributed by atoms with van der Waals surface area (Å²) < 4.78 is 16.4. The zero-order chi connectivity index (χ0) is 58.2. The highest BCUT2D eigenvalue weighted by Gasteiger charge is 2.26. The molecule has 12 heteroatoms. The molecule has 0 saturated heterocycles. The largest absolute Gasteiger partial charge is 0.449 e. The summed E-state index contributed by atoms with van der Waals surface area (Å²) in [5, 5.41) is 0. The second kappa shape index (κ2) is 30.9. The van der Waals surface area contributed by atoms with Crippen LogP contribution in [0.2, 0.25) is 0 Å². The molecule has 0 N–H and O–H groups in total. The standard InChI is InChI=1S/C14H24N2.2C13H22N2.C12H20N2.C11H20N2.C4H5NO/c1-10(2)16-11(3)14(15-12(16)4)13-8-6-5-7-9-13;1-9(2)15-10(3)13(14-11(15)4)12-7-5-6-8-12;1-10(2)15-9-13(14-11(15)3)12-7-5-4-6-8-12;1-9(2)14-8-12(13-10(14)3)11-6-4-5-7-11;1-7(2)11-9(5)13(8(3)4)10(6)12-11;1-4-5-2-3-6-4/h10,13H,5-9H2,1-4H3;9,12H,5-8H2,1-4H3;9-10,12H,4-8H2,1-3H3;8-9,11H,4-7H2,1-3H3;7-8H,1-6H3;2-3H,1H3. The van der Waals surface area contributed by atoms with Crippen molar-refractivity contribution in [3.8, 4) is 0 Å². The van der Waals surface area contributed by atoms with Crippen LogP contribution >= 0.6 is 0 Å². The van der Waals surface area contributed by atoms with Crippen molar-refractivity contribution in [1.29, 1.82) is 0 Å². The van der Waals surface area contributed by atoms with E-state index in [-0.39, 0.29) is 0 Å². The second-order valence-corrected chi connectivity index (χ2v) is 25.5. The average molecular weight is 1090 g/mol. The minimum absolute atomic E-state index is 0.514. The lowest BCUT2D eigenvalue weighted by Gasteiger charge is -2.21. The highest BCUT2D eigenvalue weighted by Crippen LogP contribution is 2.38. The molecule has 10 rings (SSSR count). The summed E-state index contributed by atoms with van der Waals surface area (Å²) in [6.45, 7) is 45.6. The van der Waals surface area contributed by atoms with Crippen LogP contribution in [0.1, 0.15) is 339 Å². The van der Waals surface area contributed by atoms with Gasteiger partial charge in [0.2, 0.25) is 0 Å². The maximum absolute atomic E-state index is 4.82. The monoisotopic (exact) mass is 1090 g/mol. The van der Waals surface area contributed by atoms with Crippen LogP contribution in [0, 0.1) is 62.3 Å². The molecule has 0 aliphatic heterocycles. The molecular formula is C67H113N11O. The van der Waals surface area contributed by atoms with E-state index in [1.807, 2.05) is 0 Å². The summed E-state index contributed by atoms with van der Waals surface area (Å²) in [5.74, 6) is 10.0. The molecule has 6 aromatic heterocycles. The smallest absolute Gasteiger partial charge is 0.190 e. The zero-order valence-electron chi connectivity index (χ0n) is 54.1. The Morgan fingerprint density at radius 1 is 0.380 bits per heavy atom. The van der Waals surface area contributed by atoms with Gasteiger partial charge in [-0.25, -0.2) is 29.9 Å². The third kappa shape index (κ3) is 17.9. The summed E-state index contributed by atoms with van der Waals surface area (Å²) in [7, 11) is 0. The zero-order valence-corrected chi connectivity index (χ0v) is 54.1. The lowest BCUT2D eigenvalue weighted by atomic mass is 9.86. The summed E-state index contributed by atoms with van der Waals surface area (Å²) in [6, 6.07) is 2.66. The lowest BCUT2D eigenvalue weighted by molar-refractivity contribution is 0.435. The van der Waals surface area contributed by atoms with Gasteiger partial charge in [-0.1, -0.05) is 78.1 Å². The second-order valence-electron chi connectivity index (χ2n) is 25.5. The first kappa shape index (κ1) is 65.1. The first-order valence-electron chi connectivity index (χ1n) is 31.6. The lowest BCUT2D eigenvalue weighted by Crippen LogP contribution is -2.08. The van der Waals surface area contributed by atoms with Crippen molar-refractivity contribution in [2.45, 2.75) is 321 Å². The molecular weight excluding hydrogens is 975 g/mol. The topological polar surface area (TPSA) is 115 Å². The number of hydrogen-bond donors (Lipinski definition) is 0. The summed E-state index contributed by atoms with van der Waals surface area (Å²) in [6.07, 6.45) is 32.4. The van der Waals surface area contributed by atoms with Gasteiger partial charge in [-0.05, 0) is 182 Å². The Bertz CT molecular complexity index is 2670. The summed E-state index contributed by atoms with van der Waals surface area (Å²) in [4.78, 5) is 27.3. The minimum atomic E-state index is 0.514. The van der Waals surface area contributed by atoms with Crippen LogP contribution in [-0.2, 0) is 0 Å². The molecule has 0 bridgehead atoms. The van der Waals surface area contributed by atoms with Gasteiger partial charge < -0.3 is 27.3 Å². The van der Waals surface area contributed by atoms with E-state index in [0.717, 1.165) is 35.4 Å². The van der Waals surface area contributed by atoms with Crippen LogP contribution in [0.25, 0.3) is 0 Å². The van der Waals surface area contributed by atoms with E-state index in [4.69, 9.17) is 19.4 Å². The quantitative estimate of drug-likeness (QED) is 0.134. The van der Waals surface area contributed by atoms with Crippen LogP contribution in [-0.4, -0.2) is 52.7 Å². The summed E-state index contributed by atoms with van der Waals surface area (Å²) in [5.41, 5.74) is 10.8. The Morgan fingerprint density at radius 3 is 0.949 bits per heavy atom. The fourth-order valence-electron chi connectivity index (χ4n) is 13.6. The molecule has 0 radical (unpaired) electrons. The van der Waals surface area contributed by atoms with E-state index >= 15 is 0 Å². The molecule has 79 heavy (non-hydrogen) atoms. The minimum Gasteiger partial charge on any atom is -0.449 e. The fraction of sp³-hybridized carbons (Fsp3) is 0.731. The molecule has 6 aromatic rings. The maximum atomic E-state index is 4.82. The Balaban J connectivity index is 0.000000177. The number of oxazole rings is 1. The Morgan fingerprint density at radius 2 is 0.709 bits per heavy atom. The molecule has 442 valence electrons. The maximum Gasteiger partial charge on any atom is 0.190 e. The number of hydrogen-bond acceptors (Lipinski definition) is 7. The van der Waals surface area contributed by atoms with E-state index in [0.29, 0.717) is 36.1 Å². The van der Waals surface area contributed by atoms with Crippen molar-refractivity contribution in [1.82, 2.24) is 52.7 Å². The number of aromatic nitrogens is 11. The van der Waals surface area contributed by atoms with E-state index < -0.39 is 0 Å². The van der Waals surface area contributed by atoms with Gasteiger partial charge in [-0.15, -0.1) is 0 Å². The average Bonchev–Trinajstić information content (AvgIpc) is 4.29. The van der Waals surface area contributed by atoms with Gasteiger partial charge in [-0.2, -0.15) is 0 Å². The Hall–Kier alpha value is -4.74. The van der Waals surface area contributed by atoms with Crippen molar-refractivity contribution in [2.24, 2.45) is 0 Å². The van der Waals surface area contributed by atoms with Crippen molar-refractivity contribution in [3.63, 3.8) is 0 Å². The van der Waals surface area contributed by atoms with Crippen LogP contribution in [0.5, 0.6) is 0 Å². The molecule has 4 aliphatic rings. The van der Waals surface area contributed by atoms with Crippen LogP contribution in [0.15, 0.2) is 29.3 Å². The molecule has 0 atom stereocenters. The molecule has 0 unspecified atom stereocenters. The van der Waals surface area contributed by atoms with Gasteiger partial charge in [0.25, 0.3) is 0 Å². The predicted molar refractivity (Wildman–Crippen MR) is 330 cm³/mol. The van der Waals surface area contributed by atoms with E-state index in [1.165, 1.54) is 184 Å². The SMILES string of the molecule is Cc1nc(C(C)C)c(C)n1C(C)C.Cc1nc(C2CCCC2)c(C)n1C(C)C.Cc1nc(C2CCCC2)cn1C(C)C.Cc1nc(C2CCCCC2)c(C)n1C(C)C.Cc1nc(C2CCCCC2)cn1C(C)C.Cc1ncco1. The molecule has 4 saturated carbocycles. The number of aryl methyl sites for hydroxylation is 6. The Labute approximate surface area is 481 Å². The fourth-order valence-corrected chi connectivity index (χ4v) is 13.6. The molecule has 0 spiro atoms. The van der Waals surface area contributed by atoms with Crippen LogP contribution < -0.4 is 0 Å². The van der Waals surface area contributed by atoms with Crippen LogP contribution in [0.4, 0.5) is 0 Å². The van der Waals surface area contributed by atoms with Crippen molar-refractivity contribution in [3.05, 3.63) is 105 Å². The number of rotatable bonds is 10. The van der Waals surface area contributed by atoms with Crippen LogP contribution in [0.3, 0.4) is 0 Å². The molecule has 0 aromatic carbocycles. The Kier molecular flexibility index (Phi) is 25.5.